The molecular formula is C18H18N2S. The highest BCUT2D eigenvalue weighted by molar-refractivity contribution is 7.14. The zero-order valence-corrected chi connectivity index (χ0v) is 13.1. The molecule has 1 heterocycles. The van der Waals surface area contributed by atoms with E-state index in [4.69, 9.17) is 4.98 Å². The number of thiazole rings is 1. The molecule has 21 heavy (non-hydrogen) atoms. The van der Waals surface area contributed by atoms with Gasteiger partial charge in [-0.15, -0.1) is 11.3 Å². The summed E-state index contributed by atoms with van der Waals surface area (Å²) in [6.45, 7) is 5.06. The Kier molecular flexibility index (Phi) is 4.02. The lowest BCUT2D eigenvalue weighted by atomic mass is 10.0. The van der Waals surface area contributed by atoms with Gasteiger partial charge in [0.25, 0.3) is 0 Å². The van der Waals surface area contributed by atoms with Crippen molar-refractivity contribution in [3.63, 3.8) is 0 Å². The molecular weight excluding hydrogens is 276 g/mol. The molecule has 0 radical (unpaired) electrons. The van der Waals surface area contributed by atoms with Gasteiger partial charge in [-0.3, -0.25) is 0 Å². The van der Waals surface area contributed by atoms with Crippen LogP contribution in [-0.2, 0) is 6.54 Å². The Morgan fingerprint density at radius 2 is 1.86 bits per heavy atom. The summed E-state index contributed by atoms with van der Waals surface area (Å²) in [6, 6.07) is 16.9. The Bertz CT molecular complexity index is 732. The molecule has 0 fully saturated rings. The molecule has 3 aromatic rings. The molecule has 0 unspecified atom stereocenters. The number of aryl methyl sites for hydroxylation is 2. The molecule has 2 nitrogen and oxygen atoms in total. The SMILES string of the molecule is Cc1ccc(-c2csc(NCc3ccccc3)n2)c(C)c1. The van der Waals surface area contributed by atoms with E-state index >= 15 is 0 Å². The quantitative estimate of drug-likeness (QED) is 0.729. The molecule has 0 aliphatic heterocycles. The molecule has 0 bridgehead atoms. The predicted molar refractivity (Wildman–Crippen MR) is 90.8 cm³/mol. The lowest BCUT2D eigenvalue weighted by Gasteiger charge is -2.04. The van der Waals surface area contributed by atoms with Crippen LogP contribution >= 0.6 is 11.3 Å². The van der Waals surface area contributed by atoms with E-state index in [1.807, 2.05) is 6.07 Å². The lowest BCUT2D eigenvalue weighted by molar-refractivity contribution is 1.13. The van der Waals surface area contributed by atoms with E-state index in [-0.39, 0.29) is 0 Å². The van der Waals surface area contributed by atoms with Crippen LogP contribution in [0.1, 0.15) is 16.7 Å². The summed E-state index contributed by atoms with van der Waals surface area (Å²) in [5.41, 5.74) is 6.09. The molecule has 2 aromatic carbocycles. The smallest absolute Gasteiger partial charge is 0.183 e. The van der Waals surface area contributed by atoms with Crippen LogP contribution in [0.5, 0.6) is 0 Å². The fraction of sp³-hybridized carbons (Fsp3) is 0.167. The van der Waals surface area contributed by atoms with Crippen molar-refractivity contribution >= 4 is 16.5 Å². The molecule has 0 aliphatic carbocycles. The van der Waals surface area contributed by atoms with E-state index in [1.165, 1.54) is 22.3 Å². The number of hydrogen-bond acceptors (Lipinski definition) is 3. The fourth-order valence-electron chi connectivity index (χ4n) is 2.35. The molecule has 0 spiro atoms. The van der Waals surface area contributed by atoms with Crippen LogP contribution in [0.15, 0.2) is 53.9 Å². The highest BCUT2D eigenvalue weighted by Gasteiger charge is 2.07. The largest absolute Gasteiger partial charge is 0.357 e. The molecule has 1 aromatic heterocycles. The van der Waals surface area contributed by atoms with Gasteiger partial charge in [-0.1, -0.05) is 54.1 Å². The lowest BCUT2D eigenvalue weighted by Crippen LogP contribution is -1.98. The number of nitrogens with zero attached hydrogens (tertiary/aromatic N) is 1. The number of nitrogens with one attached hydrogen (secondary N) is 1. The van der Waals surface area contributed by atoms with Crippen LogP contribution in [0, 0.1) is 13.8 Å². The van der Waals surface area contributed by atoms with Gasteiger partial charge in [0.15, 0.2) is 5.13 Å². The zero-order valence-electron chi connectivity index (χ0n) is 12.3. The van der Waals surface area contributed by atoms with E-state index in [1.54, 1.807) is 11.3 Å². The Morgan fingerprint density at radius 3 is 2.62 bits per heavy atom. The Morgan fingerprint density at radius 1 is 1.05 bits per heavy atom. The Balaban J connectivity index is 1.74. The monoisotopic (exact) mass is 294 g/mol. The van der Waals surface area contributed by atoms with Gasteiger partial charge in [0, 0.05) is 17.5 Å². The van der Waals surface area contributed by atoms with Crippen molar-refractivity contribution in [3.05, 3.63) is 70.6 Å². The van der Waals surface area contributed by atoms with E-state index in [0.717, 1.165) is 17.4 Å². The highest BCUT2D eigenvalue weighted by atomic mass is 32.1. The fourth-order valence-corrected chi connectivity index (χ4v) is 3.06. The molecule has 1 N–H and O–H groups in total. The molecule has 0 atom stereocenters. The normalized spacial score (nSPS) is 10.6. The molecule has 0 amide bonds. The molecule has 0 saturated heterocycles. The summed E-state index contributed by atoms with van der Waals surface area (Å²) in [6.07, 6.45) is 0. The standard InChI is InChI=1S/C18H18N2S/c1-13-8-9-16(14(2)10-13)17-12-21-18(20-17)19-11-15-6-4-3-5-7-15/h3-10,12H,11H2,1-2H3,(H,19,20). The van der Waals surface area contributed by atoms with Crippen LogP contribution < -0.4 is 5.32 Å². The van der Waals surface area contributed by atoms with Crippen LogP contribution in [0.25, 0.3) is 11.3 Å². The second-order valence-corrected chi connectivity index (χ2v) is 6.05. The molecule has 0 saturated carbocycles. The molecule has 3 heteroatoms. The maximum atomic E-state index is 4.69. The van der Waals surface area contributed by atoms with E-state index in [0.29, 0.717) is 0 Å². The van der Waals surface area contributed by atoms with Gasteiger partial charge in [-0.05, 0) is 25.0 Å². The van der Waals surface area contributed by atoms with Crippen molar-refractivity contribution in [2.24, 2.45) is 0 Å². The number of hydrogen-bond donors (Lipinski definition) is 1. The first-order valence-electron chi connectivity index (χ1n) is 7.03. The highest BCUT2D eigenvalue weighted by Crippen LogP contribution is 2.28. The summed E-state index contributed by atoms with van der Waals surface area (Å²) in [4.78, 5) is 4.69. The summed E-state index contributed by atoms with van der Waals surface area (Å²) in [5, 5.41) is 6.47. The maximum absolute atomic E-state index is 4.69. The number of aromatic nitrogens is 1. The van der Waals surface area contributed by atoms with E-state index in [2.05, 4.69) is 67.0 Å². The van der Waals surface area contributed by atoms with Gasteiger partial charge in [0.1, 0.15) is 0 Å². The third kappa shape index (κ3) is 3.31. The van der Waals surface area contributed by atoms with Gasteiger partial charge in [-0.25, -0.2) is 4.98 Å². The zero-order chi connectivity index (χ0) is 14.7. The first-order valence-corrected chi connectivity index (χ1v) is 7.91. The first kappa shape index (κ1) is 13.8. The average Bonchev–Trinajstić information content (AvgIpc) is 2.95. The Hall–Kier alpha value is -2.13. The second kappa shape index (κ2) is 6.10. The van der Waals surface area contributed by atoms with Gasteiger partial charge in [0.2, 0.25) is 0 Å². The Labute approximate surface area is 129 Å². The number of rotatable bonds is 4. The third-order valence-electron chi connectivity index (χ3n) is 3.45. The molecule has 3 rings (SSSR count). The topological polar surface area (TPSA) is 24.9 Å². The number of benzene rings is 2. The minimum absolute atomic E-state index is 0.806. The predicted octanol–water partition coefficient (Wildman–Crippen LogP) is 5.04. The maximum Gasteiger partial charge on any atom is 0.183 e. The van der Waals surface area contributed by atoms with Crippen molar-refractivity contribution in [2.45, 2.75) is 20.4 Å². The van der Waals surface area contributed by atoms with Crippen molar-refractivity contribution < 1.29 is 0 Å². The van der Waals surface area contributed by atoms with Crippen molar-refractivity contribution in [1.29, 1.82) is 0 Å². The van der Waals surface area contributed by atoms with Crippen molar-refractivity contribution in [2.75, 3.05) is 5.32 Å². The van der Waals surface area contributed by atoms with Gasteiger partial charge in [-0.2, -0.15) is 0 Å². The minimum atomic E-state index is 0.806. The van der Waals surface area contributed by atoms with Crippen LogP contribution in [0.2, 0.25) is 0 Å². The number of anilines is 1. The van der Waals surface area contributed by atoms with Crippen molar-refractivity contribution in [1.82, 2.24) is 4.98 Å². The van der Waals surface area contributed by atoms with Crippen molar-refractivity contribution in [3.8, 4) is 11.3 Å². The van der Waals surface area contributed by atoms with Gasteiger partial charge >= 0.3 is 0 Å². The van der Waals surface area contributed by atoms with Gasteiger partial charge < -0.3 is 5.32 Å². The van der Waals surface area contributed by atoms with Gasteiger partial charge in [0.05, 0.1) is 5.69 Å². The third-order valence-corrected chi connectivity index (χ3v) is 4.25. The van der Waals surface area contributed by atoms with E-state index in [9.17, 15) is 0 Å². The summed E-state index contributed by atoms with van der Waals surface area (Å²) >= 11 is 1.65. The van der Waals surface area contributed by atoms with Crippen LogP contribution in [0.3, 0.4) is 0 Å². The summed E-state index contributed by atoms with van der Waals surface area (Å²) < 4.78 is 0. The van der Waals surface area contributed by atoms with Crippen LogP contribution in [0.4, 0.5) is 5.13 Å². The minimum Gasteiger partial charge on any atom is -0.357 e. The van der Waals surface area contributed by atoms with E-state index < -0.39 is 0 Å². The first-order chi connectivity index (χ1) is 10.2. The van der Waals surface area contributed by atoms with Crippen LogP contribution in [-0.4, -0.2) is 4.98 Å². The summed E-state index contributed by atoms with van der Waals surface area (Å²) in [7, 11) is 0. The average molecular weight is 294 g/mol. The summed E-state index contributed by atoms with van der Waals surface area (Å²) in [5.74, 6) is 0. The molecule has 106 valence electrons. The second-order valence-electron chi connectivity index (χ2n) is 5.20. The molecule has 0 aliphatic rings.